The lowest BCUT2D eigenvalue weighted by Crippen LogP contribution is -2.27. The van der Waals surface area contributed by atoms with Gasteiger partial charge in [-0.2, -0.15) is 0 Å². The smallest absolute Gasteiger partial charge is 0.0964 e. The van der Waals surface area contributed by atoms with Gasteiger partial charge < -0.3 is 10.4 Å². The van der Waals surface area contributed by atoms with Crippen LogP contribution in [0.5, 0.6) is 0 Å². The van der Waals surface area contributed by atoms with Crippen LogP contribution in [0, 0.1) is 5.92 Å². The van der Waals surface area contributed by atoms with Crippen LogP contribution in [0.25, 0.3) is 0 Å². The predicted molar refractivity (Wildman–Crippen MR) is 67.5 cm³/mol. The van der Waals surface area contributed by atoms with E-state index in [1.54, 1.807) is 4.68 Å². The van der Waals surface area contributed by atoms with E-state index in [4.69, 9.17) is 5.11 Å². The highest BCUT2D eigenvalue weighted by molar-refractivity contribution is 4.92. The molecule has 5 nitrogen and oxygen atoms in total. The minimum Gasteiger partial charge on any atom is -0.394 e. The molecule has 1 rings (SSSR count). The van der Waals surface area contributed by atoms with Crippen LogP contribution in [-0.2, 0) is 13.1 Å². The number of aliphatic hydroxyl groups is 1. The molecule has 1 aromatic heterocycles. The van der Waals surface area contributed by atoms with E-state index in [2.05, 4.69) is 36.4 Å². The highest BCUT2D eigenvalue weighted by Gasteiger charge is 2.07. The van der Waals surface area contributed by atoms with Crippen LogP contribution in [-0.4, -0.2) is 32.7 Å². The van der Waals surface area contributed by atoms with Crippen molar-refractivity contribution in [3.63, 3.8) is 0 Å². The first kappa shape index (κ1) is 14.1. The molecular weight excluding hydrogens is 216 g/mol. The second-order valence-electron chi connectivity index (χ2n) is 4.73. The van der Waals surface area contributed by atoms with E-state index in [9.17, 15) is 0 Å². The van der Waals surface area contributed by atoms with Crippen molar-refractivity contribution in [1.82, 2.24) is 20.3 Å². The van der Waals surface area contributed by atoms with Gasteiger partial charge in [0.2, 0.25) is 0 Å². The molecule has 0 aromatic carbocycles. The van der Waals surface area contributed by atoms with E-state index in [1.807, 2.05) is 6.20 Å². The second kappa shape index (κ2) is 7.40. The summed E-state index contributed by atoms with van der Waals surface area (Å²) in [5.41, 5.74) is 0.925. The first-order valence-corrected chi connectivity index (χ1v) is 6.39. The molecule has 0 aliphatic heterocycles. The highest BCUT2D eigenvalue weighted by atomic mass is 16.3. The van der Waals surface area contributed by atoms with Crippen molar-refractivity contribution in [1.29, 1.82) is 0 Å². The fourth-order valence-electron chi connectivity index (χ4n) is 1.76. The molecule has 2 unspecified atom stereocenters. The van der Waals surface area contributed by atoms with Crippen molar-refractivity contribution < 1.29 is 5.11 Å². The molecule has 0 aliphatic rings. The second-order valence-corrected chi connectivity index (χ2v) is 4.73. The Morgan fingerprint density at radius 1 is 1.47 bits per heavy atom. The summed E-state index contributed by atoms with van der Waals surface area (Å²) >= 11 is 0. The van der Waals surface area contributed by atoms with E-state index < -0.39 is 0 Å². The lowest BCUT2D eigenvalue weighted by atomic mass is 10.0. The van der Waals surface area contributed by atoms with Gasteiger partial charge in [0.1, 0.15) is 0 Å². The maximum atomic E-state index is 8.77. The van der Waals surface area contributed by atoms with E-state index in [0.29, 0.717) is 12.6 Å². The van der Waals surface area contributed by atoms with Gasteiger partial charge in [-0.1, -0.05) is 25.5 Å². The fourth-order valence-corrected chi connectivity index (χ4v) is 1.76. The van der Waals surface area contributed by atoms with E-state index in [1.165, 1.54) is 12.8 Å². The summed E-state index contributed by atoms with van der Waals surface area (Å²) in [6.07, 6.45) is 4.28. The Balaban J connectivity index is 2.29. The monoisotopic (exact) mass is 240 g/mol. The molecular formula is C12H24N4O. The summed E-state index contributed by atoms with van der Waals surface area (Å²) in [6.45, 7) is 8.04. The van der Waals surface area contributed by atoms with Gasteiger partial charge in [0.25, 0.3) is 0 Å². The van der Waals surface area contributed by atoms with Crippen LogP contribution < -0.4 is 5.32 Å². The van der Waals surface area contributed by atoms with Crippen molar-refractivity contribution in [2.75, 3.05) is 6.61 Å². The first-order chi connectivity index (χ1) is 8.15. The molecule has 17 heavy (non-hydrogen) atoms. The van der Waals surface area contributed by atoms with E-state index in [0.717, 1.165) is 18.2 Å². The molecule has 0 saturated carbocycles. The Kier molecular flexibility index (Phi) is 6.15. The zero-order valence-electron chi connectivity index (χ0n) is 11.1. The Morgan fingerprint density at radius 2 is 2.24 bits per heavy atom. The number of hydrogen-bond acceptors (Lipinski definition) is 4. The van der Waals surface area contributed by atoms with Crippen molar-refractivity contribution in [2.45, 2.75) is 52.7 Å². The molecule has 1 aromatic rings. The van der Waals surface area contributed by atoms with Gasteiger partial charge in [-0.15, -0.1) is 5.10 Å². The molecule has 2 N–H and O–H groups in total. The summed E-state index contributed by atoms with van der Waals surface area (Å²) < 4.78 is 1.66. The molecule has 2 atom stereocenters. The Morgan fingerprint density at radius 3 is 2.88 bits per heavy atom. The summed E-state index contributed by atoms with van der Waals surface area (Å²) in [5, 5.41) is 20.2. The lowest BCUT2D eigenvalue weighted by Gasteiger charge is -2.16. The molecule has 0 saturated heterocycles. The Bertz CT molecular complexity index is 313. The first-order valence-electron chi connectivity index (χ1n) is 6.39. The standard InChI is InChI=1S/C12H24N4O/c1-4-10(2)7-11(3)13-8-12-9-16(5-6-17)15-14-12/h9-11,13,17H,4-8H2,1-3H3. The average molecular weight is 240 g/mol. The summed E-state index contributed by atoms with van der Waals surface area (Å²) in [6, 6.07) is 0.493. The maximum absolute atomic E-state index is 8.77. The largest absolute Gasteiger partial charge is 0.394 e. The summed E-state index contributed by atoms with van der Waals surface area (Å²) in [4.78, 5) is 0. The molecule has 98 valence electrons. The number of aromatic nitrogens is 3. The average Bonchev–Trinajstić information content (AvgIpc) is 2.74. The fraction of sp³-hybridized carbons (Fsp3) is 0.833. The normalized spacial score (nSPS) is 14.8. The predicted octanol–water partition coefficient (Wildman–Crippen LogP) is 1.18. The summed E-state index contributed by atoms with van der Waals surface area (Å²) in [5.74, 6) is 0.752. The molecule has 0 aliphatic carbocycles. The van der Waals surface area contributed by atoms with Crippen molar-refractivity contribution in [3.05, 3.63) is 11.9 Å². The number of nitrogens with one attached hydrogen (secondary N) is 1. The maximum Gasteiger partial charge on any atom is 0.0964 e. The minimum atomic E-state index is 0.0979. The van der Waals surface area contributed by atoms with Crippen molar-refractivity contribution >= 4 is 0 Å². The third-order valence-electron chi connectivity index (χ3n) is 3.00. The topological polar surface area (TPSA) is 63.0 Å². The molecule has 0 amide bonds. The molecule has 0 radical (unpaired) electrons. The van der Waals surface area contributed by atoms with Crippen LogP contribution in [0.4, 0.5) is 0 Å². The van der Waals surface area contributed by atoms with Gasteiger partial charge >= 0.3 is 0 Å². The zero-order chi connectivity index (χ0) is 12.7. The van der Waals surface area contributed by atoms with Gasteiger partial charge in [-0.3, -0.25) is 0 Å². The van der Waals surface area contributed by atoms with Gasteiger partial charge in [-0.25, -0.2) is 4.68 Å². The Hall–Kier alpha value is -0.940. The van der Waals surface area contributed by atoms with Gasteiger partial charge in [-0.05, 0) is 19.3 Å². The van der Waals surface area contributed by atoms with Crippen molar-refractivity contribution in [3.8, 4) is 0 Å². The number of nitrogens with zero attached hydrogens (tertiary/aromatic N) is 3. The third kappa shape index (κ3) is 5.28. The molecule has 5 heteroatoms. The van der Waals surface area contributed by atoms with E-state index in [-0.39, 0.29) is 6.61 Å². The third-order valence-corrected chi connectivity index (χ3v) is 3.00. The quantitative estimate of drug-likeness (QED) is 0.716. The van der Waals surface area contributed by atoms with Crippen LogP contribution in [0.1, 0.15) is 39.3 Å². The molecule has 0 fully saturated rings. The molecule has 0 bridgehead atoms. The van der Waals surface area contributed by atoms with Gasteiger partial charge in [0.05, 0.1) is 18.8 Å². The summed E-state index contributed by atoms with van der Waals surface area (Å²) in [7, 11) is 0. The van der Waals surface area contributed by atoms with E-state index >= 15 is 0 Å². The minimum absolute atomic E-state index is 0.0979. The van der Waals surface area contributed by atoms with Crippen molar-refractivity contribution in [2.24, 2.45) is 5.92 Å². The zero-order valence-corrected chi connectivity index (χ0v) is 11.1. The molecule has 1 heterocycles. The van der Waals surface area contributed by atoms with Crippen LogP contribution in [0.2, 0.25) is 0 Å². The number of hydrogen-bond donors (Lipinski definition) is 2. The van der Waals surface area contributed by atoms with Gasteiger partial charge in [0, 0.05) is 18.8 Å². The van der Waals surface area contributed by atoms with Crippen LogP contribution >= 0.6 is 0 Å². The van der Waals surface area contributed by atoms with Crippen LogP contribution in [0.3, 0.4) is 0 Å². The SMILES string of the molecule is CCC(C)CC(C)NCc1cn(CCO)nn1. The number of aliphatic hydroxyl groups excluding tert-OH is 1. The van der Waals surface area contributed by atoms with Crippen LogP contribution in [0.15, 0.2) is 6.20 Å². The molecule has 0 spiro atoms. The highest BCUT2D eigenvalue weighted by Crippen LogP contribution is 2.09. The Labute approximate surface area is 103 Å². The lowest BCUT2D eigenvalue weighted by molar-refractivity contribution is 0.268. The van der Waals surface area contributed by atoms with Gasteiger partial charge in [0.15, 0.2) is 0 Å². The number of rotatable bonds is 8.